The van der Waals surface area contributed by atoms with Crippen LogP contribution in [0, 0.1) is 0 Å². The molecule has 0 unspecified atom stereocenters. The highest BCUT2D eigenvalue weighted by atomic mass is 16.6. The summed E-state index contributed by atoms with van der Waals surface area (Å²) in [5.41, 5.74) is -0.582. The second-order valence-electron chi connectivity index (χ2n) is 4.12. The van der Waals surface area contributed by atoms with Gasteiger partial charge in [-0.3, -0.25) is 0 Å². The van der Waals surface area contributed by atoms with Gasteiger partial charge in [0.2, 0.25) is 11.8 Å². The highest BCUT2D eigenvalue weighted by molar-refractivity contribution is 5.72. The van der Waals surface area contributed by atoms with E-state index in [1.54, 1.807) is 20.8 Å². The fourth-order valence-corrected chi connectivity index (χ4v) is 1.02. The summed E-state index contributed by atoms with van der Waals surface area (Å²) >= 11 is 0. The Labute approximate surface area is 94.1 Å². The van der Waals surface area contributed by atoms with Gasteiger partial charge in [0.1, 0.15) is 5.60 Å². The van der Waals surface area contributed by atoms with Gasteiger partial charge in [0.05, 0.1) is 20.3 Å². The van der Waals surface area contributed by atoms with Crippen molar-refractivity contribution in [3.8, 4) is 11.8 Å². The predicted molar refractivity (Wildman–Crippen MR) is 57.0 cm³/mol. The van der Waals surface area contributed by atoms with Crippen LogP contribution in [0.1, 0.15) is 20.8 Å². The molecule has 0 aromatic carbocycles. The monoisotopic (exact) mass is 228 g/mol. The van der Waals surface area contributed by atoms with E-state index in [2.05, 4.69) is 5.10 Å². The summed E-state index contributed by atoms with van der Waals surface area (Å²) in [7, 11) is 2.90. The molecule has 0 aliphatic carbocycles. The van der Waals surface area contributed by atoms with Gasteiger partial charge in [-0.05, 0) is 20.8 Å². The molecule has 0 bridgehead atoms. The molecule has 0 fully saturated rings. The second-order valence-corrected chi connectivity index (χ2v) is 4.12. The van der Waals surface area contributed by atoms with Crippen molar-refractivity contribution in [2.75, 3.05) is 14.2 Å². The van der Waals surface area contributed by atoms with Crippen LogP contribution in [0.2, 0.25) is 0 Å². The van der Waals surface area contributed by atoms with Crippen LogP contribution in [0.25, 0.3) is 0 Å². The van der Waals surface area contributed by atoms with Crippen LogP contribution in [0.15, 0.2) is 6.07 Å². The number of methoxy groups -OCH3 is 2. The number of aromatic nitrogens is 2. The van der Waals surface area contributed by atoms with Gasteiger partial charge >= 0.3 is 6.09 Å². The number of rotatable bonds is 2. The summed E-state index contributed by atoms with van der Waals surface area (Å²) in [6.07, 6.45) is -0.604. The molecule has 0 aliphatic rings. The molecule has 0 saturated carbocycles. The lowest BCUT2D eigenvalue weighted by Gasteiger charge is -2.19. The minimum absolute atomic E-state index is 0.270. The van der Waals surface area contributed by atoms with E-state index in [-0.39, 0.29) is 5.88 Å². The molecule has 6 heteroatoms. The van der Waals surface area contributed by atoms with E-state index in [9.17, 15) is 4.79 Å². The van der Waals surface area contributed by atoms with Gasteiger partial charge in [0, 0.05) is 0 Å². The molecule has 1 heterocycles. The standard InChI is InChI=1S/C10H16N2O4/c1-10(2,3)16-9(13)12-8(15-5)6-7(11-12)14-4/h6H,1-5H3. The van der Waals surface area contributed by atoms with Crippen molar-refractivity contribution >= 4 is 6.09 Å². The molecular formula is C10H16N2O4. The lowest BCUT2D eigenvalue weighted by atomic mass is 10.2. The number of hydrogen-bond donors (Lipinski definition) is 0. The van der Waals surface area contributed by atoms with Crippen LogP contribution in [0.5, 0.6) is 11.8 Å². The Morgan fingerprint density at radius 1 is 1.31 bits per heavy atom. The zero-order chi connectivity index (χ0) is 12.3. The van der Waals surface area contributed by atoms with Crippen LogP contribution < -0.4 is 9.47 Å². The minimum atomic E-state index is -0.604. The zero-order valence-electron chi connectivity index (χ0n) is 10.1. The van der Waals surface area contributed by atoms with Gasteiger partial charge in [-0.1, -0.05) is 0 Å². The maximum atomic E-state index is 11.7. The van der Waals surface area contributed by atoms with E-state index in [1.165, 1.54) is 20.3 Å². The van der Waals surface area contributed by atoms with Crippen LogP contribution in [0.3, 0.4) is 0 Å². The van der Waals surface area contributed by atoms with Gasteiger partial charge in [0.25, 0.3) is 0 Å². The SMILES string of the molecule is COc1cc(OC)n(C(=O)OC(C)(C)C)n1. The normalized spacial score (nSPS) is 11.1. The fraction of sp³-hybridized carbons (Fsp3) is 0.600. The van der Waals surface area contributed by atoms with Crippen molar-refractivity contribution in [1.82, 2.24) is 9.78 Å². The highest BCUT2D eigenvalue weighted by Crippen LogP contribution is 2.20. The van der Waals surface area contributed by atoms with E-state index >= 15 is 0 Å². The predicted octanol–water partition coefficient (Wildman–Crippen LogP) is 1.68. The van der Waals surface area contributed by atoms with Crippen molar-refractivity contribution in [2.24, 2.45) is 0 Å². The number of hydrogen-bond acceptors (Lipinski definition) is 5. The van der Waals surface area contributed by atoms with Crippen LogP contribution in [-0.4, -0.2) is 35.7 Å². The Kier molecular flexibility index (Phi) is 3.41. The zero-order valence-corrected chi connectivity index (χ0v) is 10.1. The molecule has 0 amide bonds. The first-order valence-electron chi connectivity index (χ1n) is 4.79. The number of carbonyl (C=O) groups is 1. The summed E-state index contributed by atoms with van der Waals surface area (Å²) in [6, 6.07) is 1.50. The summed E-state index contributed by atoms with van der Waals surface area (Å²) in [5.74, 6) is 0.564. The molecule has 6 nitrogen and oxygen atoms in total. The van der Waals surface area contributed by atoms with Gasteiger partial charge in [-0.15, -0.1) is 9.78 Å². The molecule has 1 aromatic heterocycles. The minimum Gasteiger partial charge on any atom is -0.481 e. The fourth-order valence-electron chi connectivity index (χ4n) is 1.02. The largest absolute Gasteiger partial charge is 0.481 e. The van der Waals surface area contributed by atoms with Crippen molar-refractivity contribution < 1.29 is 19.0 Å². The third kappa shape index (κ3) is 2.88. The number of nitrogens with zero attached hydrogens (tertiary/aromatic N) is 2. The van der Waals surface area contributed by atoms with Crippen LogP contribution in [-0.2, 0) is 4.74 Å². The van der Waals surface area contributed by atoms with E-state index in [1.807, 2.05) is 0 Å². The van der Waals surface area contributed by atoms with Crippen molar-refractivity contribution in [2.45, 2.75) is 26.4 Å². The molecule has 0 atom stereocenters. The van der Waals surface area contributed by atoms with E-state index in [0.29, 0.717) is 5.88 Å². The second kappa shape index (κ2) is 4.42. The Bertz CT molecular complexity index is 379. The molecule has 0 radical (unpaired) electrons. The Hall–Kier alpha value is -1.72. The van der Waals surface area contributed by atoms with E-state index < -0.39 is 11.7 Å². The Balaban J connectivity index is 2.94. The summed E-state index contributed by atoms with van der Waals surface area (Å²) in [5, 5.41) is 3.88. The summed E-state index contributed by atoms with van der Waals surface area (Å²) in [6.45, 7) is 5.33. The molecule has 0 saturated heterocycles. The Morgan fingerprint density at radius 2 is 1.94 bits per heavy atom. The molecule has 1 rings (SSSR count). The molecule has 1 aromatic rings. The number of ether oxygens (including phenoxy) is 3. The van der Waals surface area contributed by atoms with E-state index in [4.69, 9.17) is 14.2 Å². The third-order valence-corrected chi connectivity index (χ3v) is 1.64. The molecule has 0 spiro atoms. The summed E-state index contributed by atoms with van der Waals surface area (Å²) < 4.78 is 16.0. The maximum absolute atomic E-state index is 11.7. The molecular weight excluding hydrogens is 212 g/mol. The van der Waals surface area contributed by atoms with Crippen molar-refractivity contribution in [3.05, 3.63) is 6.07 Å². The van der Waals surface area contributed by atoms with Crippen molar-refractivity contribution in [1.29, 1.82) is 0 Å². The van der Waals surface area contributed by atoms with Gasteiger partial charge in [-0.2, -0.15) is 0 Å². The van der Waals surface area contributed by atoms with Gasteiger partial charge in [0.15, 0.2) is 0 Å². The summed E-state index contributed by atoms with van der Waals surface area (Å²) in [4.78, 5) is 11.7. The van der Waals surface area contributed by atoms with Gasteiger partial charge in [-0.25, -0.2) is 4.79 Å². The molecule has 16 heavy (non-hydrogen) atoms. The van der Waals surface area contributed by atoms with E-state index in [0.717, 1.165) is 4.68 Å². The number of carbonyl (C=O) groups excluding carboxylic acids is 1. The smallest absolute Gasteiger partial charge is 0.438 e. The molecule has 0 N–H and O–H groups in total. The quantitative estimate of drug-likeness (QED) is 0.770. The first kappa shape index (κ1) is 12.4. The van der Waals surface area contributed by atoms with Crippen LogP contribution in [0.4, 0.5) is 4.79 Å². The maximum Gasteiger partial charge on any atom is 0.438 e. The average molecular weight is 228 g/mol. The van der Waals surface area contributed by atoms with Gasteiger partial charge < -0.3 is 14.2 Å². The first-order chi connectivity index (χ1) is 7.37. The lowest BCUT2D eigenvalue weighted by molar-refractivity contribution is 0.0498. The topological polar surface area (TPSA) is 62.6 Å². The average Bonchev–Trinajstić information content (AvgIpc) is 2.58. The first-order valence-corrected chi connectivity index (χ1v) is 4.79. The third-order valence-electron chi connectivity index (χ3n) is 1.64. The Morgan fingerprint density at radius 3 is 2.38 bits per heavy atom. The lowest BCUT2D eigenvalue weighted by Crippen LogP contribution is -2.28. The molecule has 0 aliphatic heterocycles. The highest BCUT2D eigenvalue weighted by Gasteiger charge is 2.22. The van der Waals surface area contributed by atoms with Crippen LogP contribution >= 0.6 is 0 Å². The molecule has 90 valence electrons. The van der Waals surface area contributed by atoms with Crippen molar-refractivity contribution in [3.63, 3.8) is 0 Å².